The van der Waals surface area contributed by atoms with E-state index in [2.05, 4.69) is 302 Å². The zero-order valence-electron chi connectivity index (χ0n) is 42.3. The second-order valence-electron chi connectivity index (χ2n) is 20.6. The third-order valence-corrected chi connectivity index (χ3v) is 16.4. The third-order valence-electron chi connectivity index (χ3n) is 16.4. The molecule has 1 aliphatic heterocycles. The predicted octanol–water partition coefficient (Wildman–Crippen LogP) is 17.4. The summed E-state index contributed by atoms with van der Waals surface area (Å²) in [5, 5.41) is 13.7. The van der Waals surface area contributed by atoms with E-state index in [0.29, 0.717) is 0 Å². The summed E-state index contributed by atoms with van der Waals surface area (Å²) in [6.45, 7) is 0. The van der Waals surface area contributed by atoms with Crippen molar-refractivity contribution in [1.29, 1.82) is 0 Å². The van der Waals surface area contributed by atoms with Gasteiger partial charge in [-0.25, -0.2) is 0 Å². The van der Waals surface area contributed by atoms with E-state index in [4.69, 9.17) is 0 Å². The van der Waals surface area contributed by atoms with E-state index in [1.165, 1.54) is 81.8 Å². The van der Waals surface area contributed by atoms with Crippen LogP contribution in [0.25, 0.3) is 116 Å². The van der Waals surface area contributed by atoms with E-state index in [9.17, 15) is 0 Å². The normalized spacial score (nSPS) is 15.2. The van der Waals surface area contributed by atoms with Crippen LogP contribution >= 0.6 is 0 Å². The quantitative estimate of drug-likeness (QED) is 0.173. The fourth-order valence-electron chi connectivity index (χ4n) is 13.1. The molecule has 0 saturated carbocycles. The molecule has 0 fully saturated rings. The van der Waals surface area contributed by atoms with Crippen molar-refractivity contribution < 1.29 is 0 Å². The van der Waals surface area contributed by atoms with Crippen LogP contribution in [-0.4, -0.2) is 30.2 Å². The molecule has 6 nitrogen and oxygen atoms in total. The summed E-state index contributed by atoms with van der Waals surface area (Å²) in [5.74, 6) is 0. The molecule has 15 aromatic rings. The lowest BCUT2D eigenvalue weighted by Gasteiger charge is -2.40. The van der Waals surface area contributed by atoms with E-state index in [1.807, 2.05) is 0 Å². The lowest BCUT2D eigenvalue weighted by Crippen LogP contribution is -2.41. The number of para-hydroxylation sites is 5. The van der Waals surface area contributed by atoms with Crippen LogP contribution in [0.1, 0.15) is 28.9 Å². The van der Waals surface area contributed by atoms with Crippen molar-refractivity contribution in [1.82, 2.24) is 28.5 Å². The van der Waals surface area contributed by atoms with Gasteiger partial charge in [0.15, 0.2) is 0 Å². The van der Waals surface area contributed by atoms with Crippen molar-refractivity contribution >= 4 is 92.9 Å². The Morgan fingerprint density at radius 3 is 1.35 bits per heavy atom. The molecule has 2 atom stereocenters. The zero-order valence-corrected chi connectivity index (χ0v) is 42.3. The van der Waals surface area contributed by atoms with Gasteiger partial charge in [-0.05, 0) is 115 Å². The first kappa shape index (κ1) is 43.5. The molecule has 2 unspecified atom stereocenters. The van der Waals surface area contributed by atoms with Gasteiger partial charge in [-0.15, -0.1) is 0 Å². The van der Waals surface area contributed by atoms with Gasteiger partial charge in [0.05, 0.1) is 50.2 Å². The topological polar surface area (TPSA) is 35.0 Å². The van der Waals surface area contributed by atoms with Gasteiger partial charge in [0, 0.05) is 71.5 Å². The molecule has 11 aromatic carbocycles. The van der Waals surface area contributed by atoms with Crippen LogP contribution in [0.3, 0.4) is 0 Å². The fourth-order valence-corrected chi connectivity index (χ4v) is 13.1. The molecule has 0 spiro atoms. The van der Waals surface area contributed by atoms with Crippen LogP contribution in [-0.2, 0) is 0 Å². The number of hydrogen-bond donors (Lipinski definition) is 1. The monoisotopic (exact) mass is 986 g/mol. The van der Waals surface area contributed by atoms with Crippen molar-refractivity contribution in [2.45, 2.75) is 12.2 Å². The van der Waals surface area contributed by atoms with Gasteiger partial charge in [-0.1, -0.05) is 176 Å². The van der Waals surface area contributed by atoms with Crippen LogP contribution in [0.15, 0.2) is 267 Å². The maximum absolute atomic E-state index is 3.94. The Morgan fingerprint density at radius 1 is 0.312 bits per heavy atom. The fraction of sp³-hybridized carbons (Fsp3) is 0.0423. The Labute approximate surface area is 444 Å². The lowest BCUT2D eigenvalue weighted by molar-refractivity contribution is 0.176. The van der Waals surface area contributed by atoms with Crippen molar-refractivity contribution in [3.8, 4) is 22.7 Å². The first-order valence-corrected chi connectivity index (χ1v) is 26.6. The maximum Gasteiger partial charge on any atom is 0.106 e. The highest BCUT2D eigenvalue weighted by atomic mass is 15.3. The van der Waals surface area contributed by atoms with Gasteiger partial charge in [0.25, 0.3) is 0 Å². The van der Waals surface area contributed by atoms with Crippen molar-refractivity contribution in [3.63, 3.8) is 0 Å². The number of nitrogens with zero attached hydrogens (tertiary/aromatic N) is 5. The highest BCUT2D eigenvalue weighted by Gasteiger charge is 2.31. The highest BCUT2D eigenvalue weighted by Crippen LogP contribution is 2.47. The third kappa shape index (κ3) is 6.52. The van der Waals surface area contributed by atoms with Crippen LogP contribution in [0.5, 0.6) is 0 Å². The predicted molar refractivity (Wildman–Crippen MR) is 321 cm³/mol. The number of hydrogen-bond acceptors (Lipinski definition) is 2. The van der Waals surface area contributed by atoms with E-state index < -0.39 is 0 Å². The number of nitrogens with one attached hydrogen (secondary N) is 1. The Kier molecular flexibility index (Phi) is 9.65. The molecule has 364 valence electrons. The molecular weight excluding hydrogens is 937 g/mol. The van der Waals surface area contributed by atoms with Crippen LogP contribution in [0.4, 0.5) is 0 Å². The van der Waals surface area contributed by atoms with Crippen molar-refractivity contribution in [3.05, 3.63) is 284 Å². The molecule has 1 N–H and O–H groups in total. The number of rotatable bonds is 7. The molecule has 0 amide bonds. The highest BCUT2D eigenvalue weighted by molar-refractivity contribution is 6.28. The molecule has 4 aromatic heterocycles. The summed E-state index contributed by atoms with van der Waals surface area (Å²) in [6, 6.07) is 95.7. The number of fused-ring (bicyclic) bond motifs is 14. The lowest BCUT2D eigenvalue weighted by atomic mass is 9.96. The molecule has 0 saturated heterocycles. The second kappa shape index (κ2) is 17.1. The molecule has 0 aliphatic carbocycles. The van der Waals surface area contributed by atoms with Crippen LogP contribution < -0.4 is 5.32 Å². The van der Waals surface area contributed by atoms with E-state index in [-0.39, 0.29) is 12.2 Å². The number of aromatic nitrogens is 4. The first-order chi connectivity index (χ1) is 38.2. The molecule has 0 bridgehead atoms. The van der Waals surface area contributed by atoms with Crippen molar-refractivity contribution in [2.24, 2.45) is 0 Å². The summed E-state index contributed by atoms with van der Waals surface area (Å²) in [4.78, 5) is 2.48. The van der Waals surface area contributed by atoms with Crippen LogP contribution in [0, 0.1) is 0 Å². The zero-order chi connectivity index (χ0) is 50.7. The molecule has 5 heterocycles. The van der Waals surface area contributed by atoms with E-state index >= 15 is 0 Å². The van der Waals surface area contributed by atoms with Gasteiger partial charge >= 0.3 is 0 Å². The Balaban J connectivity index is 1.03. The SMILES string of the molecule is CN1C(c2ccc3c4c(ccc5c6ccccc6n(-c6ccccc6)c54)n(-c4ccc5c(c4)c4c(ccc6c7ccccc7n(-c7ccccc7)c64)n5-c4ccccc4)c3c2)C=C(c2ccccc2)NC1c1ccccc1. The van der Waals surface area contributed by atoms with Gasteiger partial charge in [-0.2, -0.15) is 0 Å². The Morgan fingerprint density at radius 2 is 0.766 bits per heavy atom. The van der Waals surface area contributed by atoms with Crippen molar-refractivity contribution in [2.75, 3.05) is 7.05 Å². The van der Waals surface area contributed by atoms with Crippen LogP contribution in [0.2, 0.25) is 0 Å². The average molecular weight is 987 g/mol. The van der Waals surface area contributed by atoms with Gasteiger partial charge < -0.3 is 23.6 Å². The minimum absolute atomic E-state index is 0.0529. The molecule has 1 aliphatic rings. The molecule has 0 radical (unpaired) electrons. The van der Waals surface area contributed by atoms with Gasteiger partial charge in [0.1, 0.15) is 6.17 Å². The summed E-state index contributed by atoms with van der Waals surface area (Å²) >= 11 is 0. The number of likely N-dealkylation sites (N-methyl/N-ethyl adjacent to an activating group) is 1. The van der Waals surface area contributed by atoms with E-state index in [0.717, 1.165) is 50.5 Å². The minimum atomic E-state index is -0.0585. The summed E-state index contributed by atoms with van der Waals surface area (Å²) in [6.07, 6.45) is 2.35. The molecule has 77 heavy (non-hydrogen) atoms. The van der Waals surface area contributed by atoms with Gasteiger partial charge in [0.2, 0.25) is 0 Å². The molecular formula is C71H50N6. The minimum Gasteiger partial charge on any atom is -0.366 e. The largest absolute Gasteiger partial charge is 0.366 e. The van der Waals surface area contributed by atoms with Gasteiger partial charge in [-0.3, -0.25) is 4.90 Å². The summed E-state index contributed by atoms with van der Waals surface area (Å²) in [5.41, 5.74) is 18.6. The maximum atomic E-state index is 3.94. The first-order valence-electron chi connectivity index (χ1n) is 26.6. The number of benzene rings is 11. The summed E-state index contributed by atoms with van der Waals surface area (Å²) < 4.78 is 9.98. The smallest absolute Gasteiger partial charge is 0.106 e. The Hall–Kier alpha value is -9.88. The van der Waals surface area contributed by atoms with E-state index in [1.54, 1.807) is 0 Å². The molecule has 6 heteroatoms. The molecule has 16 rings (SSSR count). The Bertz CT molecular complexity index is 4830. The standard InChI is InChI=1S/C71H50N6/c1-73-65(45-59(46-21-7-2-8-22-46)72-71(73)47-23-9-3-10-24-47)48-35-37-57-66(43-48)75(63-41-38-55-53-31-17-19-33-60(53)76(69(55)67(57)63)50-27-13-5-14-28-50)52-36-40-62-58(44-52)68-64(74(62)49-25-11-4-12-26-49)42-39-56-54-32-18-20-34-61(54)77(70(56)68)51-29-15-6-16-30-51/h2-45,65,71-72H,1H3. The second-order valence-corrected chi connectivity index (χ2v) is 20.6. The average Bonchev–Trinajstić information content (AvgIpc) is 4.42. The summed E-state index contributed by atoms with van der Waals surface area (Å²) in [7, 11) is 2.25.